The van der Waals surface area contributed by atoms with E-state index < -0.39 is 5.60 Å². The average Bonchev–Trinajstić information content (AvgIpc) is 2.64. The summed E-state index contributed by atoms with van der Waals surface area (Å²) in [6.07, 6.45) is 4.71. The zero-order chi connectivity index (χ0) is 11.3. The van der Waals surface area contributed by atoms with Crippen molar-refractivity contribution in [3.8, 4) is 0 Å². The van der Waals surface area contributed by atoms with E-state index in [0.717, 1.165) is 18.2 Å². The molecule has 3 heteroatoms. The Labute approximate surface area is 98.2 Å². The molecule has 1 fully saturated rings. The minimum Gasteiger partial charge on any atom is -0.389 e. The van der Waals surface area contributed by atoms with Gasteiger partial charge in [0.15, 0.2) is 0 Å². The molecule has 1 aliphatic carbocycles. The molecule has 0 aromatic rings. The maximum Gasteiger partial charge on any atom is 0.0741 e. The molecule has 3 unspecified atom stereocenters. The Bertz CT molecular complexity index is 184. The normalized spacial score (nSPS) is 30.4. The Morgan fingerprint density at radius 3 is 2.73 bits per heavy atom. The van der Waals surface area contributed by atoms with Gasteiger partial charge in [-0.2, -0.15) is 11.8 Å². The first-order valence-corrected chi connectivity index (χ1v) is 7.19. The predicted molar refractivity (Wildman–Crippen MR) is 68.5 cm³/mol. The molecule has 0 radical (unpaired) electrons. The third kappa shape index (κ3) is 4.75. The standard InChI is InChI=1S/C12H25NOS/c1-4-12(3,14)9-13-10-6-7-11(8-10)15-5-2/h10-11,13-14H,4-9H2,1-3H3. The van der Waals surface area contributed by atoms with Gasteiger partial charge in [-0.3, -0.25) is 0 Å². The highest BCUT2D eigenvalue weighted by Gasteiger charge is 2.26. The second kappa shape index (κ2) is 6.12. The maximum absolute atomic E-state index is 9.89. The van der Waals surface area contributed by atoms with Crippen LogP contribution in [0.3, 0.4) is 0 Å². The van der Waals surface area contributed by atoms with Crippen LogP contribution in [0.25, 0.3) is 0 Å². The molecule has 0 spiro atoms. The first kappa shape index (κ1) is 13.3. The van der Waals surface area contributed by atoms with Gasteiger partial charge in [-0.25, -0.2) is 0 Å². The highest BCUT2D eigenvalue weighted by Crippen LogP contribution is 2.29. The number of rotatable bonds is 6. The lowest BCUT2D eigenvalue weighted by Gasteiger charge is -2.24. The smallest absolute Gasteiger partial charge is 0.0741 e. The fourth-order valence-electron chi connectivity index (χ4n) is 2.00. The molecule has 0 aliphatic heterocycles. The number of hydrogen-bond acceptors (Lipinski definition) is 3. The zero-order valence-electron chi connectivity index (χ0n) is 10.3. The average molecular weight is 231 g/mol. The molecule has 0 aromatic heterocycles. The lowest BCUT2D eigenvalue weighted by Crippen LogP contribution is -2.41. The van der Waals surface area contributed by atoms with Crippen molar-refractivity contribution < 1.29 is 5.11 Å². The summed E-state index contributed by atoms with van der Waals surface area (Å²) in [6, 6.07) is 0.632. The van der Waals surface area contributed by atoms with Gasteiger partial charge in [0, 0.05) is 17.8 Å². The van der Waals surface area contributed by atoms with Crippen LogP contribution < -0.4 is 5.32 Å². The molecule has 1 saturated carbocycles. The Balaban J connectivity index is 2.19. The van der Waals surface area contributed by atoms with Crippen LogP contribution in [0.1, 0.15) is 46.5 Å². The van der Waals surface area contributed by atoms with Crippen molar-refractivity contribution in [2.45, 2.75) is 63.3 Å². The molecular formula is C12H25NOS. The second-order valence-corrected chi connectivity index (χ2v) is 6.40. The summed E-state index contributed by atoms with van der Waals surface area (Å²) in [6.45, 7) is 6.91. The van der Waals surface area contributed by atoms with Crippen LogP contribution >= 0.6 is 11.8 Å². The summed E-state index contributed by atoms with van der Waals surface area (Å²) >= 11 is 2.08. The van der Waals surface area contributed by atoms with E-state index in [4.69, 9.17) is 0 Å². The van der Waals surface area contributed by atoms with Crippen LogP contribution in [0.2, 0.25) is 0 Å². The molecule has 90 valence electrons. The van der Waals surface area contributed by atoms with Gasteiger partial charge in [0.25, 0.3) is 0 Å². The Morgan fingerprint density at radius 1 is 1.40 bits per heavy atom. The van der Waals surface area contributed by atoms with Gasteiger partial charge in [-0.15, -0.1) is 0 Å². The Morgan fingerprint density at radius 2 is 2.13 bits per heavy atom. The van der Waals surface area contributed by atoms with E-state index in [1.165, 1.54) is 25.0 Å². The van der Waals surface area contributed by atoms with E-state index >= 15 is 0 Å². The van der Waals surface area contributed by atoms with Gasteiger partial charge in [0.2, 0.25) is 0 Å². The van der Waals surface area contributed by atoms with Crippen molar-refractivity contribution in [2.75, 3.05) is 12.3 Å². The van der Waals surface area contributed by atoms with Crippen molar-refractivity contribution >= 4 is 11.8 Å². The fraction of sp³-hybridized carbons (Fsp3) is 1.00. The van der Waals surface area contributed by atoms with Crippen molar-refractivity contribution in [3.05, 3.63) is 0 Å². The monoisotopic (exact) mass is 231 g/mol. The molecule has 1 rings (SSSR count). The first-order valence-electron chi connectivity index (χ1n) is 6.14. The molecule has 3 atom stereocenters. The van der Waals surface area contributed by atoms with Gasteiger partial charge in [-0.05, 0) is 38.4 Å². The molecular weight excluding hydrogens is 206 g/mol. The number of hydrogen-bond donors (Lipinski definition) is 2. The van der Waals surface area contributed by atoms with Crippen molar-refractivity contribution in [1.82, 2.24) is 5.32 Å². The van der Waals surface area contributed by atoms with Gasteiger partial charge >= 0.3 is 0 Å². The van der Waals surface area contributed by atoms with E-state index in [9.17, 15) is 5.11 Å². The van der Waals surface area contributed by atoms with Crippen LogP contribution in [0.5, 0.6) is 0 Å². The summed E-state index contributed by atoms with van der Waals surface area (Å²) in [7, 11) is 0. The minimum atomic E-state index is -0.532. The topological polar surface area (TPSA) is 32.3 Å². The number of nitrogens with one attached hydrogen (secondary N) is 1. The highest BCUT2D eigenvalue weighted by atomic mass is 32.2. The lowest BCUT2D eigenvalue weighted by molar-refractivity contribution is 0.0530. The summed E-state index contributed by atoms with van der Waals surface area (Å²) in [5, 5.41) is 14.2. The first-order chi connectivity index (χ1) is 7.07. The van der Waals surface area contributed by atoms with Crippen molar-refractivity contribution in [1.29, 1.82) is 0 Å². The maximum atomic E-state index is 9.89. The molecule has 1 aliphatic rings. The predicted octanol–water partition coefficient (Wildman–Crippen LogP) is 2.41. The highest BCUT2D eigenvalue weighted by molar-refractivity contribution is 7.99. The fourth-order valence-corrected chi connectivity index (χ4v) is 3.14. The molecule has 0 amide bonds. The summed E-state index contributed by atoms with van der Waals surface area (Å²) in [4.78, 5) is 0. The molecule has 2 nitrogen and oxygen atoms in total. The van der Waals surface area contributed by atoms with Gasteiger partial charge in [0.1, 0.15) is 0 Å². The third-order valence-corrected chi connectivity index (χ3v) is 4.55. The van der Waals surface area contributed by atoms with Gasteiger partial charge in [0.05, 0.1) is 5.60 Å². The molecule has 2 N–H and O–H groups in total. The van der Waals surface area contributed by atoms with Gasteiger partial charge < -0.3 is 10.4 Å². The Kier molecular flexibility index (Phi) is 5.44. The second-order valence-electron chi connectivity index (χ2n) is 4.82. The summed E-state index contributed by atoms with van der Waals surface area (Å²) in [5.41, 5.74) is -0.532. The summed E-state index contributed by atoms with van der Waals surface area (Å²) in [5.74, 6) is 1.23. The quantitative estimate of drug-likeness (QED) is 0.736. The largest absolute Gasteiger partial charge is 0.389 e. The van der Waals surface area contributed by atoms with Crippen LogP contribution in [-0.4, -0.2) is 34.3 Å². The Hall–Kier alpha value is 0.270. The number of aliphatic hydroxyl groups is 1. The van der Waals surface area contributed by atoms with E-state index in [0.29, 0.717) is 6.04 Å². The van der Waals surface area contributed by atoms with Crippen LogP contribution in [0.4, 0.5) is 0 Å². The molecule has 0 aromatic carbocycles. The van der Waals surface area contributed by atoms with E-state index in [2.05, 4.69) is 24.0 Å². The van der Waals surface area contributed by atoms with E-state index in [-0.39, 0.29) is 0 Å². The van der Waals surface area contributed by atoms with Crippen molar-refractivity contribution in [3.63, 3.8) is 0 Å². The van der Waals surface area contributed by atoms with Gasteiger partial charge in [-0.1, -0.05) is 13.8 Å². The van der Waals surface area contributed by atoms with E-state index in [1.54, 1.807) is 0 Å². The number of thioether (sulfide) groups is 1. The lowest BCUT2D eigenvalue weighted by atomic mass is 10.0. The van der Waals surface area contributed by atoms with Crippen LogP contribution in [0, 0.1) is 0 Å². The SMILES string of the molecule is CCSC1CCC(NCC(C)(O)CC)C1. The third-order valence-electron chi connectivity index (χ3n) is 3.32. The van der Waals surface area contributed by atoms with Crippen LogP contribution in [-0.2, 0) is 0 Å². The van der Waals surface area contributed by atoms with Crippen LogP contribution in [0.15, 0.2) is 0 Å². The minimum absolute atomic E-state index is 0.532. The zero-order valence-corrected chi connectivity index (χ0v) is 11.1. The molecule has 0 saturated heterocycles. The summed E-state index contributed by atoms with van der Waals surface area (Å²) < 4.78 is 0. The van der Waals surface area contributed by atoms with Crippen molar-refractivity contribution in [2.24, 2.45) is 0 Å². The molecule has 0 heterocycles. The van der Waals surface area contributed by atoms with E-state index in [1.807, 2.05) is 13.8 Å². The molecule has 0 bridgehead atoms. The molecule has 15 heavy (non-hydrogen) atoms.